The number of carbonyl (C=O) groups is 1. The van der Waals surface area contributed by atoms with Gasteiger partial charge in [-0.2, -0.15) is 0 Å². The molecule has 1 aromatic carbocycles. The van der Waals surface area contributed by atoms with Gasteiger partial charge in [0.05, 0.1) is 12.5 Å². The second-order valence-electron chi connectivity index (χ2n) is 7.43. The van der Waals surface area contributed by atoms with Gasteiger partial charge in [-0.1, -0.05) is 75.6 Å². The number of alkyl halides is 1. The van der Waals surface area contributed by atoms with E-state index in [1.165, 1.54) is 69.6 Å². The molecular formula is C22H33ClO2. The molecule has 0 heterocycles. The second-order valence-corrected chi connectivity index (χ2v) is 7.95. The highest BCUT2D eigenvalue weighted by molar-refractivity contribution is 6.20. The third-order valence-corrected chi connectivity index (χ3v) is 5.93. The second kappa shape index (κ2) is 11.6. The lowest BCUT2D eigenvalue weighted by Gasteiger charge is -2.21. The van der Waals surface area contributed by atoms with Gasteiger partial charge in [0.2, 0.25) is 0 Å². The molecule has 1 aliphatic rings. The minimum Gasteiger partial charge on any atom is -0.469 e. The van der Waals surface area contributed by atoms with Crippen LogP contribution in [0, 0.1) is 5.92 Å². The maximum Gasteiger partial charge on any atom is 0.305 e. The van der Waals surface area contributed by atoms with Crippen molar-refractivity contribution in [2.45, 2.75) is 82.4 Å². The van der Waals surface area contributed by atoms with Gasteiger partial charge in [0, 0.05) is 6.42 Å². The van der Waals surface area contributed by atoms with E-state index in [0.717, 1.165) is 25.2 Å². The van der Waals surface area contributed by atoms with Crippen LogP contribution in [0.4, 0.5) is 0 Å². The van der Waals surface area contributed by atoms with Crippen LogP contribution in [0.1, 0.15) is 87.1 Å². The summed E-state index contributed by atoms with van der Waals surface area (Å²) in [4.78, 5) is 11.1. The lowest BCUT2D eigenvalue weighted by molar-refractivity contribution is -0.140. The van der Waals surface area contributed by atoms with Crippen LogP contribution >= 0.6 is 11.6 Å². The maximum absolute atomic E-state index is 11.1. The molecule has 1 atom stereocenters. The number of carbonyl (C=O) groups excluding carboxylic acids is 1. The van der Waals surface area contributed by atoms with Crippen molar-refractivity contribution in [3.8, 4) is 0 Å². The quantitative estimate of drug-likeness (QED) is 0.265. The highest BCUT2D eigenvalue weighted by atomic mass is 35.5. The Morgan fingerprint density at radius 2 is 1.84 bits per heavy atom. The van der Waals surface area contributed by atoms with Crippen molar-refractivity contribution >= 4 is 17.6 Å². The lowest BCUT2D eigenvalue weighted by atomic mass is 9.85. The van der Waals surface area contributed by atoms with Crippen molar-refractivity contribution in [3.05, 3.63) is 35.4 Å². The first-order valence-corrected chi connectivity index (χ1v) is 10.4. The number of hydrogen-bond donors (Lipinski definition) is 0. The van der Waals surface area contributed by atoms with Gasteiger partial charge in [-0.05, 0) is 36.3 Å². The molecule has 1 fully saturated rings. The van der Waals surface area contributed by atoms with E-state index in [2.05, 4.69) is 29.0 Å². The Morgan fingerprint density at radius 1 is 1.12 bits per heavy atom. The van der Waals surface area contributed by atoms with Gasteiger partial charge in [0.1, 0.15) is 0 Å². The van der Waals surface area contributed by atoms with Crippen LogP contribution in [-0.2, 0) is 16.0 Å². The third-order valence-electron chi connectivity index (χ3n) is 5.46. The van der Waals surface area contributed by atoms with E-state index < -0.39 is 0 Å². The highest BCUT2D eigenvalue weighted by Gasteiger charge is 2.13. The Balaban J connectivity index is 1.63. The molecule has 1 aromatic rings. The average molecular weight is 365 g/mol. The zero-order chi connectivity index (χ0) is 17.9. The highest BCUT2D eigenvalue weighted by Crippen LogP contribution is 2.30. The Morgan fingerprint density at radius 3 is 2.52 bits per heavy atom. The van der Waals surface area contributed by atoms with Crippen LogP contribution in [-0.4, -0.2) is 13.1 Å². The average Bonchev–Trinajstić information content (AvgIpc) is 2.66. The molecule has 0 radical (unpaired) electrons. The summed E-state index contributed by atoms with van der Waals surface area (Å²) < 4.78 is 4.67. The molecule has 1 saturated carbocycles. The zero-order valence-electron chi connectivity index (χ0n) is 15.6. The van der Waals surface area contributed by atoms with E-state index in [-0.39, 0.29) is 11.3 Å². The summed E-state index contributed by atoms with van der Waals surface area (Å²) in [5, 5.41) is 0.121. The third kappa shape index (κ3) is 7.81. The molecule has 3 heteroatoms. The summed E-state index contributed by atoms with van der Waals surface area (Å²) in [7, 11) is 1.44. The van der Waals surface area contributed by atoms with Crippen LogP contribution in [0.5, 0.6) is 0 Å². The monoisotopic (exact) mass is 364 g/mol. The van der Waals surface area contributed by atoms with E-state index in [0.29, 0.717) is 6.42 Å². The Bertz CT molecular complexity index is 491. The minimum absolute atomic E-state index is 0.121. The summed E-state index contributed by atoms with van der Waals surface area (Å²) in [6.07, 6.45) is 14.4. The van der Waals surface area contributed by atoms with Crippen LogP contribution in [0.3, 0.4) is 0 Å². The normalized spacial score (nSPS) is 16.6. The van der Waals surface area contributed by atoms with Crippen molar-refractivity contribution in [2.24, 2.45) is 5.92 Å². The topological polar surface area (TPSA) is 26.3 Å². The number of benzene rings is 1. The minimum atomic E-state index is -0.134. The van der Waals surface area contributed by atoms with Crippen LogP contribution in [0.15, 0.2) is 24.3 Å². The van der Waals surface area contributed by atoms with Gasteiger partial charge in [-0.15, -0.1) is 11.6 Å². The number of aryl methyl sites for hydroxylation is 1. The predicted octanol–water partition coefficient (Wildman–Crippen LogP) is 6.60. The lowest BCUT2D eigenvalue weighted by Crippen LogP contribution is -2.05. The summed E-state index contributed by atoms with van der Waals surface area (Å²) >= 11 is 6.58. The summed E-state index contributed by atoms with van der Waals surface area (Å²) in [5.74, 6) is 0.845. The number of esters is 1. The molecule has 2 rings (SSSR count). The predicted molar refractivity (Wildman–Crippen MR) is 105 cm³/mol. The van der Waals surface area contributed by atoms with Crippen molar-refractivity contribution in [3.63, 3.8) is 0 Å². The molecule has 0 bridgehead atoms. The molecule has 0 amide bonds. The van der Waals surface area contributed by atoms with Crippen LogP contribution < -0.4 is 0 Å². The Kier molecular flexibility index (Phi) is 9.39. The van der Waals surface area contributed by atoms with Gasteiger partial charge >= 0.3 is 5.97 Å². The van der Waals surface area contributed by atoms with Crippen LogP contribution in [0.25, 0.3) is 0 Å². The number of methoxy groups -OCH3 is 1. The first-order chi connectivity index (χ1) is 12.2. The molecule has 1 unspecified atom stereocenters. The number of halogens is 1. The SMILES string of the molecule is COC(=O)CCCc1ccc(C(Cl)CCCCC2CCCCC2)cc1. The number of hydrogen-bond acceptors (Lipinski definition) is 2. The molecule has 0 N–H and O–H groups in total. The fraction of sp³-hybridized carbons (Fsp3) is 0.682. The van der Waals surface area contributed by atoms with Crippen molar-refractivity contribution in [2.75, 3.05) is 7.11 Å². The number of unbranched alkanes of at least 4 members (excludes halogenated alkanes) is 1. The number of rotatable bonds is 10. The van der Waals surface area contributed by atoms with Gasteiger partial charge in [0.25, 0.3) is 0 Å². The van der Waals surface area contributed by atoms with Crippen LogP contribution in [0.2, 0.25) is 0 Å². The Hall–Kier alpha value is -1.02. The first kappa shape index (κ1) is 20.3. The molecule has 140 valence electrons. The fourth-order valence-electron chi connectivity index (χ4n) is 3.83. The Labute approximate surface area is 158 Å². The van der Waals surface area contributed by atoms with E-state index in [1.807, 2.05) is 0 Å². The number of ether oxygens (including phenoxy) is 1. The van der Waals surface area contributed by atoms with Gasteiger partial charge in [-0.25, -0.2) is 0 Å². The van der Waals surface area contributed by atoms with E-state index in [9.17, 15) is 4.79 Å². The fourth-order valence-corrected chi connectivity index (χ4v) is 4.13. The van der Waals surface area contributed by atoms with E-state index in [1.54, 1.807) is 0 Å². The standard InChI is InChI=1S/C22H33ClO2/c1-25-22(24)13-7-11-19-14-16-20(17-15-19)21(23)12-6-5-10-18-8-3-2-4-9-18/h14-18,21H,2-13H2,1H3. The molecule has 0 aliphatic heterocycles. The smallest absolute Gasteiger partial charge is 0.305 e. The van der Waals surface area contributed by atoms with Gasteiger partial charge in [-0.3, -0.25) is 4.79 Å². The van der Waals surface area contributed by atoms with Crippen molar-refractivity contribution < 1.29 is 9.53 Å². The molecule has 0 aromatic heterocycles. The molecule has 2 nitrogen and oxygen atoms in total. The molecule has 1 aliphatic carbocycles. The van der Waals surface area contributed by atoms with Gasteiger partial charge < -0.3 is 4.74 Å². The van der Waals surface area contributed by atoms with Crippen molar-refractivity contribution in [1.82, 2.24) is 0 Å². The zero-order valence-corrected chi connectivity index (χ0v) is 16.4. The molecule has 0 spiro atoms. The molecular weight excluding hydrogens is 332 g/mol. The first-order valence-electron chi connectivity index (χ1n) is 9.98. The summed E-state index contributed by atoms with van der Waals surface area (Å²) in [6.45, 7) is 0. The van der Waals surface area contributed by atoms with E-state index in [4.69, 9.17) is 11.6 Å². The largest absolute Gasteiger partial charge is 0.469 e. The van der Waals surface area contributed by atoms with E-state index >= 15 is 0 Å². The molecule has 0 saturated heterocycles. The molecule has 25 heavy (non-hydrogen) atoms. The van der Waals surface area contributed by atoms with Crippen molar-refractivity contribution in [1.29, 1.82) is 0 Å². The maximum atomic E-state index is 11.1. The summed E-state index contributed by atoms with van der Waals surface area (Å²) in [5.41, 5.74) is 2.48. The van der Waals surface area contributed by atoms with Gasteiger partial charge in [0.15, 0.2) is 0 Å². The summed E-state index contributed by atoms with van der Waals surface area (Å²) in [6, 6.07) is 8.58.